The first kappa shape index (κ1) is 10.3. The van der Waals surface area contributed by atoms with E-state index in [-0.39, 0.29) is 22.7 Å². The number of carboxylic acids is 1. The quantitative estimate of drug-likeness (QED) is 0.812. The smallest absolute Gasteiger partial charge is 0.307 e. The Morgan fingerprint density at radius 3 is 2.38 bits per heavy atom. The fourth-order valence-electron chi connectivity index (χ4n) is 1.66. The minimum atomic E-state index is -1.12. The Labute approximate surface area is 91.2 Å². The van der Waals surface area contributed by atoms with E-state index in [1.54, 1.807) is 18.2 Å². The van der Waals surface area contributed by atoms with Gasteiger partial charge in [0.15, 0.2) is 11.6 Å². The highest BCUT2D eigenvalue weighted by Gasteiger charge is 2.25. The van der Waals surface area contributed by atoms with Crippen molar-refractivity contribution < 1.29 is 19.5 Å². The van der Waals surface area contributed by atoms with Crippen LogP contribution in [0.15, 0.2) is 35.9 Å². The summed E-state index contributed by atoms with van der Waals surface area (Å²) >= 11 is 0. The SMILES string of the molecule is O=C(O)CC1=CC(=O)c2ccccc2C1=O. The molecule has 0 radical (unpaired) electrons. The van der Waals surface area contributed by atoms with Crippen molar-refractivity contribution in [3.05, 3.63) is 47.0 Å². The van der Waals surface area contributed by atoms with Gasteiger partial charge in [0.1, 0.15) is 0 Å². The Morgan fingerprint density at radius 1 is 1.12 bits per heavy atom. The summed E-state index contributed by atoms with van der Waals surface area (Å²) in [6.45, 7) is 0. The predicted octanol–water partition coefficient (Wildman–Crippen LogP) is 1.47. The zero-order valence-electron chi connectivity index (χ0n) is 8.27. The van der Waals surface area contributed by atoms with Crippen LogP contribution in [0.25, 0.3) is 0 Å². The van der Waals surface area contributed by atoms with Gasteiger partial charge in [0.2, 0.25) is 0 Å². The van der Waals surface area contributed by atoms with Crippen LogP contribution in [0.1, 0.15) is 27.1 Å². The van der Waals surface area contributed by atoms with E-state index in [0.29, 0.717) is 5.56 Å². The van der Waals surface area contributed by atoms with Crippen molar-refractivity contribution in [3.8, 4) is 0 Å². The van der Waals surface area contributed by atoms with Crippen LogP contribution in [0, 0.1) is 0 Å². The third-order valence-corrected chi connectivity index (χ3v) is 2.38. The van der Waals surface area contributed by atoms with Crippen LogP contribution in [-0.2, 0) is 4.79 Å². The summed E-state index contributed by atoms with van der Waals surface area (Å²) in [7, 11) is 0. The molecule has 0 spiro atoms. The number of carboxylic acid groups (broad SMARTS) is 1. The predicted molar refractivity (Wildman–Crippen MR) is 55.4 cm³/mol. The summed E-state index contributed by atoms with van der Waals surface area (Å²) in [5.41, 5.74) is 0.657. The molecule has 0 saturated carbocycles. The summed E-state index contributed by atoms with van der Waals surface area (Å²) < 4.78 is 0. The lowest BCUT2D eigenvalue weighted by Crippen LogP contribution is -2.18. The third-order valence-electron chi connectivity index (χ3n) is 2.38. The van der Waals surface area contributed by atoms with Gasteiger partial charge in [-0.05, 0) is 6.08 Å². The maximum Gasteiger partial charge on any atom is 0.307 e. The first-order chi connectivity index (χ1) is 7.59. The number of ketones is 2. The molecule has 1 aromatic carbocycles. The molecule has 0 aliphatic heterocycles. The van der Waals surface area contributed by atoms with Crippen LogP contribution < -0.4 is 0 Å². The van der Waals surface area contributed by atoms with E-state index in [1.807, 2.05) is 0 Å². The van der Waals surface area contributed by atoms with Crippen molar-refractivity contribution in [2.75, 3.05) is 0 Å². The topological polar surface area (TPSA) is 71.4 Å². The molecular weight excluding hydrogens is 208 g/mol. The van der Waals surface area contributed by atoms with Gasteiger partial charge in [-0.15, -0.1) is 0 Å². The molecule has 1 aliphatic carbocycles. The highest BCUT2D eigenvalue weighted by atomic mass is 16.4. The van der Waals surface area contributed by atoms with Crippen molar-refractivity contribution in [1.82, 2.24) is 0 Å². The summed E-state index contributed by atoms with van der Waals surface area (Å²) in [5.74, 6) is -1.81. The van der Waals surface area contributed by atoms with E-state index in [4.69, 9.17) is 5.11 Å². The second-order valence-electron chi connectivity index (χ2n) is 3.48. The number of hydrogen-bond donors (Lipinski definition) is 1. The molecule has 0 fully saturated rings. The van der Waals surface area contributed by atoms with Gasteiger partial charge in [-0.2, -0.15) is 0 Å². The molecule has 0 amide bonds. The molecule has 0 bridgehead atoms. The standard InChI is InChI=1S/C12H8O4/c13-10-5-7(6-11(14)15)12(16)9-4-2-1-3-8(9)10/h1-5H,6H2,(H,14,15). The van der Waals surface area contributed by atoms with E-state index in [2.05, 4.69) is 0 Å². The van der Waals surface area contributed by atoms with E-state index >= 15 is 0 Å². The Kier molecular flexibility index (Phi) is 2.40. The highest BCUT2D eigenvalue weighted by Crippen LogP contribution is 2.22. The van der Waals surface area contributed by atoms with Gasteiger partial charge < -0.3 is 5.11 Å². The number of allylic oxidation sites excluding steroid dienone is 1. The average Bonchev–Trinajstić information content (AvgIpc) is 2.25. The Morgan fingerprint density at radius 2 is 1.75 bits per heavy atom. The fraction of sp³-hybridized carbons (Fsp3) is 0.0833. The third kappa shape index (κ3) is 1.65. The van der Waals surface area contributed by atoms with Crippen LogP contribution in [0.2, 0.25) is 0 Å². The van der Waals surface area contributed by atoms with Gasteiger partial charge >= 0.3 is 5.97 Å². The molecule has 1 aromatic rings. The number of benzene rings is 1. The monoisotopic (exact) mass is 216 g/mol. The Balaban J connectivity index is 2.47. The zero-order chi connectivity index (χ0) is 11.7. The summed E-state index contributed by atoms with van der Waals surface area (Å²) in [6.07, 6.45) is 0.692. The van der Waals surface area contributed by atoms with Crippen LogP contribution >= 0.6 is 0 Å². The summed E-state index contributed by atoms with van der Waals surface area (Å²) in [4.78, 5) is 33.9. The number of fused-ring (bicyclic) bond motifs is 1. The lowest BCUT2D eigenvalue weighted by Gasteiger charge is -2.13. The number of hydrogen-bond acceptors (Lipinski definition) is 3. The van der Waals surface area contributed by atoms with Crippen molar-refractivity contribution in [1.29, 1.82) is 0 Å². The van der Waals surface area contributed by atoms with Crippen molar-refractivity contribution in [2.45, 2.75) is 6.42 Å². The maximum absolute atomic E-state index is 11.8. The first-order valence-electron chi connectivity index (χ1n) is 4.70. The molecule has 4 nitrogen and oxygen atoms in total. The Bertz CT molecular complexity index is 526. The molecule has 4 heteroatoms. The van der Waals surface area contributed by atoms with Gasteiger partial charge in [0, 0.05) is 16.7 Å². The van der Waals surface area contributed by atoms with Gasteiger partial charge in [0.05, 0.1) is 6.42 Å². The number of carbonyl (C=O) groups is 3. The van der Waals surface area contributed by atoms with E-state index < -0.39 is 12.4 Å². The van der Waals surface area contributed by atoms with Crippen molar-refractivity contribution in [2.24, 2.45) is 0 Å². The van der Waals surface area contributed by atoms with E-state index in [0.717, 1.165) is 6.08 Å². The molecular formula is C12H8O4. The minimum absolute atomic E-state index is 0.0381. The molecule has 0 unspecified atom stereocenters. The average molecular weight is 216 g/mol. The molecule has 80 valence electrons. The van der Waals surface area contributed by atoms with Gasteiger partial charge in [-0.25, -0.2) is 0 Å². The molecule has 2 rings (SSSR count). The van der Waals surface area contributed by atoms with Crippen LogP contribution in [0.4, 0.5) is 0 Å². The second kappa shape index (κ2) is 3.73. The molecule has 0 saturated heterocycles. The molecule has 1 aliphatic rings. The van der Waals surface area contributed by atoms with E-state index in [1.165, 1.54) is 6.07 Å². The first-order valence-corrected chi connectivity index (χ1v) is 4.70. The Hall–Kier alpha value is -2.23. The normalized spacial score (nSPS) is 14.4. The number of Topliss-reactive ketones (excluding diaryl/α,β-unsaturated/α-hetero) is 1. The lowest BCUT2D eigenvalue weighted by molar-refractivity contribution is -0.136. The van der Waals surface area contributed by atoms with Crippen molar-refractivity contribution >= 4 is 17.5 Å². The minimum Gasteiger partial charge on any atom is -0.481 e. The van der Waals surface area contributed by atoms with E-state index in [9.17, 15) is 14.4 Å². The highest BCUT2D eigenvalue weighted by molar-refractivity contribution is 6.25. The number of rotatable bonds is 2. The molecule has 0 aromatic heterocycles. The molecule has 0 atom stereocenters. The maximum atomic E-state index is 11.8. The zero-order valence-corrected chi connectivity index (χ0v) is 8.27. The van der Waals surface area contributed by atoms with Crippen LogP contribution in [0.3, 0.4) is 0 Å². The van der Waals surface area contributed by atoms with Crippen LogP contribution in [0.5, 0.6) is 0 Å². The summed E-state index contributed by atoms with van der Waals surface area (Å²) in [6, 6.07) is 6.40. The fourth-order valence-corrected chi connectivity index (χ4v) is 1.66. The van der Waals surface area contributed by atoms with Gasteiger partial charge in [0.25, 0.3) is 0 Å². The van der Waals surface area contributed by atoms with Gasteiger partial charge in [-0.3, -0.25) is 14.4 Å². The van der Waals surface area contributed by atoms with Crippen LogP contribution in [-0.4, -0.2) is 22.6 Å². The van der Waals surface area contributed by atoms with Crippen molar-refractivity contribution in [3.63, 3.8) is 0 Å². The molecule has 16 heavy (non-hydrogen) atoms. The largest absolute Gasteiger partial charge is 0.481 e. The van der Waals surface area contributed by atoms with Gasteiger partial charge in [-0.1, -0.05) is 24.3 Å². The second-order valence-corrected chi connectivity index (χ2v) is 3.48. The lowest BCUT2D eigenvalue weighted by atomic mass is 9.88. The number of carbonyl (C=O) groups excluding carboxylic acids is 2. The number of aliphatic carboxylic acids is 1. The summed E-state index contributed by atoms with van der Waals surface area (Å²) in [5, 5.41) is 8.61. The molecule has 1 N–H and O–H groups in total. The molecule has 0 heterocycles.